The second-order valence-electron chi connectivity index (χ2n) is 6.48. The zero-order valence-corrected chi connectivity index (χ0v) is 17.9. The molecule has 31 heavy (non-hydrogen) atoms. The standard InChI is InChI=1S/C21H22N4O5S/c1-29-18-6-4-17(5-7-18)24-10-9-16(23-24)12-22-21(26)14-31-13-15-3-8-20(30-2)19(11-15)25(27)28/h3-11H,12-14H2,1-2H3,(H,22,26). The molecule has 0 radical (unpaired) electrons. The number of hydrogen-bond donors (Lipinski definition) is 1. The Balaban J connectivity index is 1.46. The van der Waals surface area contributed by atoms with Crippen LogP contribution in [0.1, 0.15) is 11.3 Å². The number of nitrogens with zero attached hydrogens (tertiary/aromatic N) is 3. The normalized spacial score (nSPS) is 10.5. The van der Waals surface area contributed by atoms with E-state index >= 15 is 0 Å². The van der Waals surface area contributed by atoms with E-state index in [4.69, 9.17) is 9.47 Å². The van der Waals surface area contributed by atoms with E-state index in [0.29, 0.717) is 12.3 Å². The Bertz CT molecular complexity index is 1050. The SMILES string of the molecule is COc1ccc(-n2ccc(CNC(=O)CSCc3ccc(OC)c([N+](=O)[O-])c3)n2)cc1. The number of nitro benzene ring substituents is 1. The first kappa shape index (κ1) is 22.2. The number of ether oxygens (including phenoxy) is 2. The molecule has 1 heterocycles. The Kier molecular flexibility index (Phi) is 7.50. The van der Waals surface area contributed by atoms with Gasteiger partial charge in [0.25, 0.3) is 0 Å². The van der Waals surface area contributed by atoms with Crippen molar-refractivity contribution >= 4 is 23.4 Å². The Morgan fingerprint density at radius 1 is 1.16 bits per heavy atom. The Labute approximate surface area is 183 Å². The summed E-state index contributed by atoms with van der Waals surface area (Å²) in [4.78, 5) is 22.7. The molecule has 0 aliphatic carbocycles. The van der Waals surface area contributed by atoms with Crippen molar-refractivity contribution in [3.63, 3.8) is 0 Å². The van der Waals surface area contributed by atoms with Crippen LogP contribution in [-0.4, -0.2) is 40.6 Å². The number of hydrogen-bond acceptors (Lipinski definition) is 7. The molecule has 10 heteroatoms. The van der Waals surface area contributed by atoms with Crippen LogP contribution in [0.2, 0.25) is 0 Å². The van der Waals surface area contributed by atoms with Gasteiger partial charge >= 0.3 is 5.69 Å². The van der Waals surface area contributed by atoms with E-state index in [1.165, 1.54) is 24.9 Å². The van der Waals surface area contributed by atoms with Crippen LogP contribution < -0.4 is 14.8 Å². The van der Waals surface area contributed by atoms with Gasteiger partial charge in [-0.1, -0.05) is 6.07 Å². The average Bonchev–Trinajstić information content (AvgIpc) is 3.26. The summed E-state index contributed by atoms with van der Waals surface area (Å²) in [5.74, 6) is 1.56. The molecule has 162 valence electrons. The summed E-state index contributed by atoms with van der Waals surface area (Å²) in [6.07, 6.45) is 1.83. The van der Waals surface area contributed by atoms with Gasteiger partial charge in [0.1, 0.15) is 5.75 Å². The molecule has 0 saturated carbocycles. The molecule has 1 amide bonds. The fourth-order valence-electron chi connectivity index (χ4n) is 2.80. The lowest BCUT2D eigenvalue weighted by atomic mass is 10.2. The summed E-state index contributed by atoms with van der Waals surface area (Å²) in [5.41, 5.74) is 2.29. The molecule has 9 nitrogen and oxygen atoms in total. The summed E-state index contributed by atoms with van der Waals surface area (Å²) in [7, 11) is 3.00. The number of amides is 1. The summed E-state index contributed by atoms with van der Waals surface area (Å²) >= 11 is 1.38. The van der Waals surface area contributed by atoms with Crippen LogP contribution in [0.25, 0.3) is 5.69 Å². The largest absolute Gasteiger partial charge is 0.497 e. The molecule has 3 aromatic rings. The zero-order chi connectivity index (χ0) is 22.2. The molecule has 0 aliphatic heterocycles. The quantitative estimate of drug-likeness (QED) is 0.379. The lowest BCUT2D eigenvalue weighted by molar-refractivity contribution is -0.385. The highest BCUT2D eigenvalue weighted by Crippen LogP contribution is 2.29. The van der Waals surface area contributed by atoms with Crippen LogP contribution >= 0.6 is 11.8 Å². The van der Waals surface area contributed by atoms with Gasteiger partial charge in [0, 0.05) is 18.0 Å². The average molecular weight is 442 g/mol. The molecule has 0 bridgehead atoms. The number of methoxy groups -OCH3 is 2. The van der Waals surface area contributed by atoms with Gasteiger partial charge in [-0.2, -0.15) is 5.10 Å². The summed E-state index contributed by atoms with van der Waals surface area (Å²) in [5, 5.41) is 18.4. The number of carbonyl (C=O) groups is 1. The van der Waals surface area contributed by atoms with Gasteiger partial charge in [-0.3, -0.25) is 14.9 Å². The fourth-order valence-corrected chi connectivity index (χ4v) is 3.61. The second-order valence-corrected chi connectivity index (χ2v) is 7.47. The Morgan fingerprint density at radius 2 is 1.94 bits per heavy atom. The van der Waals surface area contributed by atoms with Crippen molar-refractivity contribution in [1.29, 1.82) is 0 Å². The molecule has 1 N–H and O–H groups in total. The zero-order valence-electron chi connectivity index (χ0n) is 17.1. The first-order chi connectivity index (χ1) is 15.0. The predicted molar refractivity (Wildman–Crippen MR) is 118 cm³/mol. The number of benzene rings is 2. The van der Waals surface area contributed by atoms with E-state index in [1.54, 1.807) is 23.9 Å². The van der Waals surface area contributed by atoms with Crippen LogP contribution in [0.4, 0.5) is 5.69 Å². The van der Waals surface area contributed by atoms with E-state index < -0.39 is 4.92 Å². The van der Waals surface area contributed by atoms with E-state index in [1.807, 2.05) is 36.5 Å². The van der Waals surface area contributed by atoms with Gasteiger partial charge in [0.05, 0.1) is 42.8 Å². The van der Waals surface area contributed by atoms with E-state index in [0.717, 1.165) is 22.7 Å². The van der Waals surface area contributed by atoms with Gasteiger partial charge in [-0.15, -0.1) is 11.8 Å². The van der Waals surface area contributed by atoms with Gasteiger partial charge in [0.2, 0.25) is 5.91 Å². The maximum Gasteiger partial charge on any atom is 0.311 e. The smallest absolute Gasteiger partial charge is 0.311 e. The Hall–Kier alpha value is -3.53. The highest BCUT2D eigenvalue weighted by Gasteiger charge is 2.15. The molecule has 0 spiro atoms. The van der Waals surface area contributed by atoms with Crippen molar-refractivity contribution in [3.05, 3.63) is 76.1 Å². The lowest BCUT2D eigenvalue weighted by Crippen LogP contribution is -2.24. The second kappa shape index (κ2) is 10.5. The highest BCUT2D eigenvalue weighted by molar-refractivity contribution is 7.99. The molecule has 2 aromatic carbocycles. The van der Waals surface area contributed by atoms with E-state index in [9.17, 15) is 14.9 Å². The number of carbonyl (C=O) groups excluding carboxylic acids is 1. The Morgan fingerprint density at radius 3 is 2.61 bits per heavy atom. The van der Waals surface area contributed by atoms with Crippen molar-refractivity contribution in [3.8, 4) is 17.2 Å². The maximum atomic E-state index is 12.1. The first-order valence-electron chi connectivity index (χ1n) is 9.35. The van der Waals surface area contributed by atoms with E-state index in [2.05, 4.69) is 10.4 Å². The maximum absolute atomic E-state index is 12.1. The number of thioether (sulfide) groups is 1. The van der Waals surface area contributed by atoms with Crippen molar-refractivity contribution in [1.82, 2.24) is 15.1 Å². The molecule has 0 unspecified atom stereocenters. The van der Waals surface area contributed by atoms with E-state index in [-0.39, 0.29) is 23.1 Å². The predicted octanol–water partition coefficient (Wildman–Crippen LogP) is 3.35. The third kappa shape index (κ3) is 5.98. The molecule has 1 aromatic heterocycles. The van der Waals surface area contributed by atoms with Crippen LogP contribution in [0.3, 0.4) is 0 Å². The van der Waals surface area contributed by atoms with Gasteiger partial charge < -0.3 is 14.8 Å². The van der Waals surface area contributed by atoms with Crippen LogP contribution in [0, 0.1) is 10.1 Å². The molecular formula is C21H22N4O5S. The molecule has 3 rings (SSSR count). The van der Waals surface area contributed by atoms with Crippen molar-refractivity contribution in [2.24, 2.45) is 0 Å². The number of aromatic nitrogens is 2. The van der Waals surface area contributed by atoms with Crippen molar-refractivity contribution in [2.45, 2.75) is 12.3 Å². The van der Waals surface area contributed by atoms with Crippen molar-refractivity contribution in [2.75, 3.05) is 20.0 Å². The lowest BCUT2D eigenvalue weighted by Gasteiger charge is -2.06. The molecular weight excluding hydrogens is 420 g/mol. The van der Waals surface area contributed by atoms with Gasteiger partial charge in [-0.25, -0.2) is 4.68 Å². The van der Waals surface area contributed by atoms with Crippen molar-refractivity contribution < 1.29 is 19.2 Å². The third-order valence-corrected chi connectivity index (χ3v) is 5.39. The fraction of sp³-hybridized carbons (Fsp3) is 0.238. The summed E-state index contributed by atoms with van der Waals surface area (Å²) in [6, 6.07) is 14.1. The summed E-state index contributed by atoms with van der Waals surface area (Å²) < 4.78 is 11.9. The number of nitrogens with one attached hydrogen (secondary N) is 1. The molecule has 0 saturated heterocycles. The molecule has 0 aliphatic rings. The topological polar surface area (TPSA) is 109 Å². The minimum absolute atomic E-state index is 0.0857. The third-order valence-electron chi connectivity index (χ3n) is 4.39. The number of nitro groups is 1. The van der Waals surface area contributed by atoms with Crippen LogP contribution in [0.5, 0.6) is 11.5 Å². The van der Waals surface area contributed by atoms with Gasteiger partial charge in [-0.05, 0) is 42.0 Å². The van der Waals surface area contributed by atoms with Crippen LogP contribution in [-0.2, 0) is 17.1 Å². The highest BCUT2D eigenvalue weighted by atomic mass is 32.2. The van der Waals surface area contributed by atoms with Gasteiger partial charge in [0.15, 0.2) is 5.75 Å². The number of rotatable bonds is 10. The monoisotopic (exact) mass is 442 g/mol. The minimum atomic E-state index is -0.481. The molecule has 0 fully saturated rings. The molecule has 0 atom stereocenters. The first-order valence-corrected chi connectivity index (χ1v) is 10.5. The van der Waals surface area contributed by atoms with Crippen LogP contribution in [0.15, 0.2) is 54.7 Å². The minimum Gasteiger partial charge on any atom is -0.497 e. The summed E-state index contributed by atoms with van der Waals surface area (Å²) in [6.45, 7) is 0.316.